The Balaban J connectivity index is 1.77. The average Bonchev–Trinajstić information content (AvgIpc) is 2.84. The van der Waals surface area contributed by atoms with E-state index in [-0.39, 0.29) is 0 Å². The summed E-state index contributed by atoms with van der Waals surface area (Å²) in [4.78, 5) is 0. The van der Waals surface area contributed by atoms with Crippen LogP contribution in [0.15, 0.2) is 12.1 Å². The first kappa shape index (κ1) is 13.3. The van der Waals surface area contributed by atoms with Crippen LogP contribution in [0.5, 0.6) is 5.88 Å². The maximum absolute atomic E-state index is 5.78. The van der Waals surface area contributed by atoms with Crippen LogP contribution in [0.3, 0.4) is 0 Å². The molecule has 1 aromatic heterocycles. The van der Waals surface area contributed by atoms with Gasteiger partial charge in [0.2, 0.25) is 5.88 Å². The highest BCUT2D eigenvalue weighted by molar-refractivity contribution is 5.11. The molecule has 0 radical (unpaired) electrons. The number of nitrogens with one attached hydrogen (secondary N) is 1. The maximum Gasteiger partial charge on any atom is 0.233 e. The van der Waals surface area contributed by atoms with Gasteiger partial charge in [-0.2, -0.15) is 5.10 Å². The van der Waals surface area contributed by atoms with Gasteiger partial charge in [0.05, 0.1) is 5.69 Å². The molecule has 1 fully saturated rings. The lowest BCUT2D eigenvalue weighted by atomic mass is 10.2. The van der Waals surface area contributed by atoms with Gasteiger partial charge in [0.15, 0.2) is 0 Å². The van der Waals surface area contributed by atoms with Gasteiger partial charge in [0.25, 0.3) is 0 Å². The van der Waals surface area contributed by atoms with Gasteiger partial charge >= 0.3 is 0 Å². The third-order valence-electron chi connectivity index (χ3n) is 3.14. The zero-order valence-corrected chi connectivity index (χ0v) is 11.4. The van der Waals surface area contributed by atoms with Crippen molar-refractivity contribution >= 4 is 0 Å². The lowest BCUT2D eigenvalue weighted by Crippen LogP contribution is -2.20. The first-order chi connectivity index (χ1) is 8.74. The van der Waals surface area contributed by atoms with Gasteiger partial charge in [-0.15, -0.1) is 5.10 Å². The quantitative estimate of drug-likeness (QED) is 0.841. The number of aromatic nitrogens is 2. The Morgan fingerprint density at radius 3 is 2.67 bits per heavy atom. The normalized spacial score (nSPS) is 16.4. The smallest absolute Gasteiger partial charge is 0.233 e. The zero-order valence-electron chi connectivity index (χ0n) is 11.4. The second-order valence-electron chi connectivity index (χ2n) is 5.41. The monoisotopic (exact) mass is 249 g/mol. The Morgan fingerprint density at radius 1 is 1.28 bits per heavy atom. The van der Waals surface area contributed by atoms with E-state index in [1.807, 2.05) is 12.1 Å². The fourth-order valence-corrected chi connectivity index (χ4v) is 2.17. The molecule has 0 unspecified atom stereocenters. The summed E-state index contributed by atoms with van der Waals surface area (Å²) in [7, 11) is 0. The highest BCUT2D eigenvalue weighted by Gasteiger charge is 2.16. The summed E-state index contributed by atoms with van der Waals surface area (Å²) in [5, 5.41) is 11.7. The minimum atomic E-state index is 0.351. The van der Waals surface area contributed by atoms with Crippen molar-refractivity contribution in [3.63, 3.8) is 0 Å². The summed E-state index contributed by atoms with van der Waals surface area (Å²) in [6.07, 6.45) is 5.20. The molecule has 100 valence electrons. The predicted molar refractivity (Wildman–Crippen MR) is 71.5 cm³/mol. The van der Waals surface area contributed by atoms with Crippen molar-refractivity contribution in [3.8, 4) is 5.88 Å². The molecule has 1 saturated carbocycles. The minimum Gasteiger partial charge on any atom is -0.473 e. The van der Waals surface area contributed by atoms with Crippen LogP contribution in [0.2, 0.25) is 0 Å². The molecule has 18 heavy (non-hydrogen) atoms. The second-order valence-corrected chi connectivity index (χ2v) is 5.41. The highest BCUT2D eigenvalue weighted by Crippen LogP contribution is 2.22. The van der Waals surface area contributed by atoms with Crippen LogP contribution < -0.4 is 10.1 Å². The van der Waals surface area contributed by atoms with E-state index >= 15 is 0 Å². The molecule has 0 spiro atoms. The fourth-order valence-electron chi connectivity index (χ4n) is 2.17. The lowest BCUT2D eigenvalue weighted by molar-refractivity contribution is 0.199. The fraction of sp³-hybridized carbons (Fsp3) is 0.714. The first-order valence-corrected chi connectivity index (χ1v) is 6.94. The largest absolute Gasteiger partial charge is 0.473 e. The number of nitrogens with zero attached hydrogens (tertiary/aromatic N) is 2. The van der Waals surface area contributed by atoms with Gasteiger partial charge in [-0.05, 0) is 44.2 Å². The summed E-state index contributed by atoms with van der Waals surface area (Å²) in [6.45, 7) is 6.16. The second kappa shape index (κ2) is 6.69. The number of rotatable bonds is 6. The molecular weight excluding hydrogens is 226 g/mol. The molecule has 0 amide bonds. The van der Waals surface area contributed by atoms with E-state index in [1.165, 1.54) is 12.8 Å². The van der Waals surface area contributed by atoms with E-state index < -0.39 is 0 Å². The summed E-state index contributed by atoms with van der Waals surface area (Å²) in [5.41, 5.74) is 0.967. The van der Waals surface area contributed by atoms with Crippen molar-refractivity contribution in [1.82, 2.24) is 15.5 Å². The van der Waals surface area contributed by atoms with E-state index in [2.05, 4.69) is 29.4 Å². The van der Waals surface area contributed by atoms with E-state index in [0.717, 1.165) is 31.6 Å². The molecule has 1 aliphatic carbocycles. The molecule has 0 bridgehead atoms. The van der Waals surface area contributed by atoms with Crippen LogP contribution in [0.25, 0.3) is 0 Å². The molecule has 1 aliphatic rings. The Morgan fingerprint density at radius 2 is 2.06 bits per heavy atom. The molecule has 0 atom stereocenters. The van der Waals surface area contributed by atoms with E-state index in [1.54, 1.807) is 0 Å². The van der Waals surface area contributed by atoms with Crippen LogP contribution in [-0.2, 0) is 6.54 Å². The van der Waals surface area contributed by atoms with Crippen molar-refractivity contribution in [2.24, 2.45) is 5.92 Å². The summed E-state index contributed by atoms with van der Waals surface area (Å²) in [5.74, 6) is 1.32. The Bertz CT molecular complexity index is 345. The first-order valence-electron chi connectivity index (χ1n) is 6.94. The van der Waals surface area contributed by atoms with Gasteiger partial charge in [0, 0.05) is 12.6 Å². The van der Waals surface area contributed by atoms with Crippen molar-refractivity contribution in [3.05, 3.63) is 17.8 Å². The molecular formula is C14H23N3O. The topological polar surface area (TPSA) is 47.0 Å². The number of ether oxygens (including phenoxy) is 1. The Hall–Kier alpha value is -1.16. The van der Waals surface area contributed by atoms with Gasteiger partial charge in [-0.25, -0.2) is 0 Å². The SMILES string of the molecule is CC(C)CNCc1ccc(OC2CCCC2)nn1. The van der Waals surface area contributed by atoms with E-state index in [0.29, 0.717) is 17.9 Å². The van der Waals surface area contributed by atoms with E-state index in [9.17, 15) is 0 Å². The average molecular weight is 249 g/mol. The molecule has 1 aromatic rings. The van der Waals surface area contributed by atoms with E-state index in [4.69, 9.17) is 4.74 Å². The van der Waals surface area contributed by atoms with Gasteiger partial charge in [-0.3, -0.25) is 0 Å². The molecule has 0 aromatic carbocycles. The number of hydrogen-bond acceptors (Lipinski definition) is 4. The van der Waals surface area contributed by atoms with Crippen molar-refractivity contribution in [2.45, 2.75) is 52.2 Å². The van der Waals surface area contributed by atoms with Crippen LogP contribution in [0.4, 0.5) is 0 Å². The summed E-state index contributed by atoms with van der Waals surface area (Å²) in [6, 6.07) is 3.92. The summed E-state index contributed by atoms with van der Waals surface area (Å²) < 4.78 is 5.78. The third kappa shape index (κ3) is 4.26. The van der Waals surface area contributed by atoms with Crippen molar-refractivity contribution in [1.29, 1.82) is 0 Å². The van der Waals surface area contributed by atoms with Crippen LogP contribution in [-0.4, -0.2) is 22.8 Å². The minimum absolute atomic E-state index is 0.351. The van der Waals surface area contributed by atoms with Crippen LogP contribution in [0, 0.1) is 5.92 Å². The maximum atomic E-state index is 5.78. The zero-order chi connectivity index (χ0) is 12.8. The molecule has 0 aliphatic heterocycles. The van der Waals surface area contributed by atoms with Crippen molar-refractivity contribution < 1.29 is 4.74 Å². The Labute approximate surface area is 109 Å². The third-order valence-corrected chi connectivity index (χ3v) is 3.14. The van der Waals surface area contributed by atoms with Gasteiger partial charge in [0.1, 0.15) is 6.10 Å². The molecule has 4 nitrogen and oxygen atoms in total. The summed E-state index contributed by atoms with van der Waals surface area (Å²) >= 11 is 0. The van der Waals surface area contributed by atoms with Gasteiger partial charge in [-0.1, -0.05) is 13.8 Å². The Kier molecular flexibility index (Phi) is 4.93. The molecule has 2 rings (SSSR count). The predicted octanol–water partition coefficient (Wildman–Crippen LogP) is 2.54. The standard InChI is InChI=1S/C14H23N3O/c1-11(2)9-15-10-12-7-8-14(17-16-12)18-13-5-3-4-6-13/h7-8,11,13,15H,3-6,9-10H2,1-2H3. The van der Waals surface area contributed by atoms with Crippen molar-refractivity contribution in [2.75, 3.05) is 6.54 Å². The molecule has 1 heterocycles. The molecule has 0 saturated heterocycles. The van der Waals surface area contributed by atoms with Crippen LogP contribution >= 0.6 is 0 Å². The number of hydrogen-bond donors (Lipinski definition) is 1. The van der Waals surface area contributed by atoms with Gasteiger partial charge < -0.3 is 10.1 Å². The molecule has 1 N–H and O–H groups in total. The highest BCUT2D eigenvalue weighted by atomic mass is 16.5. The molecule has 4 heteroatoms. The lowest BCUT2D eigenvalue weighted by Gasteiger charge is -2.11. The van der Waals surface area contributed by atoms with Crippen LogP contribution in [0.1, 0.15) is 45.2 Å².